The second kappa shape index (κ2) is 6.20. The maximum absolute atomic E-state index is 11.1. The minimum absolute atomic E-state index is 0.0229. The fraction of sp³-hybridized carbons (Fsp3) is 0.786. The predicted molar refractivity (Wildman–Crippen MR) is 77.6 cm³/mol. The summed E-state index contributed by atoms with van der Waals surface area (Å²) in [6.07, 6.45) is 1.84. The molecule has 5 heteroatoms. The minimum atomic E-state index is -1.72. The van der Waals surface area contributed by atoms with Crippen molar-refractivity contribution in [2.45, 2.75) is 57.5 Å². The molecule has 110 valence electrons. The Bertz CT molecular complexity index is 333. The Morgan fingerprint density at radius 1 is 1.47 bits per heavy atom. The fourth-order valence-electron chi connectivity index (χ4n) is 1.63. The van der Waals surface area contributed by atoms with E-state index in [0.717, 1.165) is 6.42 Å². The Morgan fingerprint density at radius 3 is 2.63 bits per heavy atom. The maximum atomic E-state index is 11.1. The molecule has 1 rings (SSSR count). The van der Waals surface area contributed by atoms with E-state index in [4.69, 9.17) is 13.9 Å². The molecule has 4 nitrogen and oxygen atoms in total. The molecule has 1 saturated heterocycles. The highest BCUT2D eigenvalue weighted by atomic mass is 28.4. The highest BCUT2D eigenvalue weighted by molar-refractivity contribution is 6.74. The van der Waals surface area contributed by atoms with Crippen LogP contribution in [-0.4, -0.2) is 39.7 Å². The van der Waals surface area contributed by atoms with Crippen LogP contribution >= 0.6 is 0 Å². The van der Waals surface area contributed by atoms with E-state index < -0.39 is 8.32 Å². The summed E-state index contributed by atoms with van der Waals surface area (Å²) < 4.78 is 16.8. The Balaban J connectivity index is 2.44. The molecule has 0 aliphatic carbocycles. The predicted octanol–water partition coefficient (Wildman–Crippen LogP) is 2.89. The number of esters is 1. The molecule has 0 bridgehead atoms. The van der Waals surface area contributed by atoms with Crippen LogP contribution in [-0.2, 0) is 18.7 Å². The summed E-state index contributed by atoms with van der Waals surface area (Å²) >= 11 is 0. The molecule has 0 radical (unpaired) electrons. The lowest BCUT2D eigenvalue weighted by atomic mass is 10.1. The van der Waals surface area contributed by atoms with Crippen LogP contribution in [0.15, 0.2) is 12.7 Å². The van der Waals surface area contributed by atoms with Gasteiger partial charge in [-0.25, -0.2) is 4.79 Å². The molecule has 1 heterocycles. The highest BCUT2D eigenvalue weighted by Crippen LogP contribution is 2.36. The summed E-state index contributed by atoms with van der Waals surface area (Å²) in [5.41, 5.74) is 0. The highest BCUT2D eigenvalue weighted by Gasteiger charge is 2.37. The molecular formula is C14H26O4Si. The van der Waals surface area contributed by atoms with Gasteiger partial charge in [-0.05, 0) is 30.6 Å². The van der Waals surface area contributed by atoms with E-state index in [-0.39, 0.29) is 29.8 Å². The Morgan fingerprint density at radius 2 is 2.11 bits per heavy atom. The second-order valence-electron chi connectivity index (χ2n) is 6.44. The van der Waals surface area contributed by atoms with Crippen molar-refractivity contribution in [1.82, 2.24) is 0 Å². The largest absolute Gasteiger partial charge is 0.454 e. The van der Waals surface area contributed by atoms with Gasteiger partial charge in [-0.15, -0.1) is 0 Å². The molecule has 19 heavy (non-hydrogen) atoms. The van der Waals surface area contributed by atoms with E-state index in [0.29, 0.717) is 6.61 Å². The van der Waals surface area contributed by atoms with Crippen molar-refractivity contribution in [3.8, 4) is 0 Å². The summed E-state index contributed by atoms with van der Waals surface area (Å²) in [6.45, 7) is 15.4. The molecule has 1 aliphatic heterocycles. The minimum Gasteiger partial charge on any atom is -0.454 e. The van der Waals surface area contributed by atoms with Gasteiger partial charge in [0.2, 0.25) is 0 Å². The summed E-state index contributed by atoms with van der Waals surface area (Å²) in [4.78, 5) is 11.1. The summed E-state index contributed by atoms with van der Waals surface area (Å²) in [7, 11) is -1.72. The first kappa shape index (κ1) is 16.4. The Hall–Kier alpha value is -0.653. The van der Waals surface area contributed by atoms with Crippen molar-refractivity contribution >= 4 is 14.3 Å². The van der Waals surface area contributed by atoms with Gasteiger partial charge in [-0.1, -0.05) is 27.4 Å². The van der Waals surface area contributed by atoms with Crippen LogP contribution in [0.5, 0.6) is 0 Å². The van der Waals surface area contributed by atoms with E-state index >= 15 is 0 Å². The number of hydrogen-bond donors (Lipinski definition) is 0. The molecule has 0 spiro atoms. The van der Waals surface area contributed by atoms with Gasteiger partial charge >= 0.3 is 5.97 Å². The van der Waals surface area contributed by atoms with Gasteiger partial charge in [0, 0.05) is 6.61 Å². The third kappa shape index (κ3) is 4.44. The van der Waals surface area contributed by atoms with Crippen LogP contribution in [0.25, 0.3) is 0 Å². The number of carbonyl (C=O) groups is 1. The van der Waals surface area contributed by atoms with Crippen LogP contribution in [0.1, 0.15) is 27.2 Å². The van der Waals surface area contributed by atoms with Gasteiger partial charge in [0.1, 0.15) is 18.8 Å². The first-order valence-electron chi connectivity index (χ1n) is 6.75. The summed E-state index contributed by atoms with van der Waals surface area (Å²) in [5, 5.41) is 0.199. The summed E-state index contributed by atoms with van der Waals surface area (Å²) in [5.74, 6) is -0.327. The molecule has 0 N–H and O–H groups in total. The average Bonchev–Trinajstić information content (AvgIpc) is 2.29. The number of hydrogen-bond acceptors (Lipinski definition) is 4. The van der Waals surface area contributed by atoms with Crippen molar-refractivity contribution in [2.24, 2.45) is 0 Å². The van der Waals surface area contributed by atoms with Crippen LogP contribution in [0.4, 0.5) is 0 Å². The van der Waals surface area contributed by atoms with E-state index in [1.165, 1.54) is 0 Å². The van der Waals surface area contributed by atoms with Gasteiger partial charge in [0.25, 0.3) is 0 Å². The van der Waals surface area contributed by atoms with Crippen LogP contribution in [0, 0.1) is 0 Å². The number of cyclic esters (lactones) is 1. The van der Waals surface area contributed by atoms with Gasteiger partial charge < -0.3 is 13.9 Å². The SMILES string of the molecule is C=C[C@H]1OC(=O)CO[C@@H]1CCO[Si](C)(C)C(C)(C)C. The lowest BCUT2D eigenvalue weighted by Gasteiger charge is -2.37. The van der Waals surface area contributed by atoms with E-state index in [1.54, 1.807) is 6.08 Å². The number of rotatable bonds is 5. The number of ether oxygens (including phenoxy) is 2. The van der Waals surface area contributed by atoms with Gasteiger partial charge in [-0.3, -0.25) is 0 Å². The van der Waals surface area contributed by atoms with E-state index in [2.05, 4.69) is 40.4 Å². The molecule has 0 amide bonds. The van der Waals surface area contributed by atoms with Crippen LogP contribution in [0.2, 0.25) is 18.1 Å². The van der Waals surface area contributed by atoms with Gasteiger partial charge in [-0.2, -0.15) is 0 Å². The molecule has 0 aromatic heterocycles. The van der Waals surface area contributed by atoms with E-state index in [1.807, 2.05) is 0 Å². The molecule has 0 saturated carbocycles. The van der Waals surface area contributed by atoms with Crippen LogP contribution < -0.4 is 0 Å². The second-order valence-corrected chi connectivity index (χ2v) is 11.2. The molecule has 2 atom stereocenters. The first-order valence-corrected chi connectivity index (χ1v) is 9.66. The topological polar surface area (TPSA) is 44.8 Å². The number of carbonyl (C=O) groups excluding carboxylic acids is 1. The lowest BCUT2D eigenvalue weighted by molar-refractivity contribution is -0.178. The summed E-state index contributed by atoms with van der Waals surface area (Å²) in [6, 6.07) is 0. The smallest absolute Gasteiger partial charge is 0.332 e. The standard InChI is InChI=1S/C14H26O4Si/c1-7-11-12(16-10-13(15)18-11)8-9-17-19(5,6)14(2,3)4/h7,11-12H,1,8-10H2,2-6H3/t11-,12-/m1/s1. The van der Waals surface area contributed by atoms with Crippen molar-refractivity contribution < 1.29 is 18.7 Å². The van der Waals surface area contributed by atoms with Crippen molar-refractivity contribution in [1.29, 1.82) is 0 Å². The maximum Gasteiger partial charge on any atom is 0.332 e. The zero-order chi connectivity index (χ0) is 14.7. The molecule has 0 unspecified atom stereocenters. The third-order valence-electron chi connectivity index (χ3n) is 3.95. The Kier molecular flexibility index (Phi) is 5.35. The zero-order valence-corrected chi connectivity index (χ0v) is 13.7. The van der Waals surface area contributed by atoms with Crippen molar-refractivity contribution in [3.63, 3.8) is 0 Å². The van der Waals surface area contributed by atoms with Crippen LogP contribution in [0.3, 0.4) is 0 Å². The Labute approximate surface area is 117 Å². The monoisotopic (exact) mass is 286 g/mol. The molecule has 0 aromatic carbocycles. The van der Waals surface area contributed by atoms with Crippen molar-refractivity contribution in [2.75, 3.05) is 13.2 Å². The molecule has 0 aromatic rings. The fourth-order valence-corrected chi connectivity index (χ4v) is 2.69. The van der Waals surface area contributed by atoms with E-state index in [9.17, 15) is 4.79 Å². The van der Waals surface area contributed by atoms with Gasteiger partial charge in [0.05, 0.1) is 0 Å². The third-order valence-corrected chi connectivity index (χ3v) is 8.49. The van der Waals surface area contributed by atoms with Crippen molar-refractivity contribution in [3.05, 3.63) is 12.7 Å². The first-order chi connectivity index (χ1) is 8.67. The van der Waals surface area contributed by atoms with Gasteiger partial charge in [0.15, 0.2) is 8.32 Å². The molecular weight excluding hydrogens is 260 g/mol. The molecule has 1 aliphatic rings. The lowest BCUT2D eigenvalue weighted by Crippen LogP contribution is -2.44. The zero-order valence-electron chi connectivity index (χ0n) is 12.7. The normalized spacial score (nSPS) is 25.0. The quantitative estimate of drug-likeness (QED) is 0.443. The average molecular weight is 286 g/mol. The molecule has 1 fully saturated rings.